The van der Waals surface area contributed by atoms with Gasteiger partial charge in [-0.15, -0.1) is 0 Å². The lowest BCUT2D eigenvalue weighted by atomic mass is 9.75. The summed E-state index contributed by atoms with van der Waals surface area (Å²) in [7, 11) is -4.10. The number of aromatic nitrogens is 1. The third-order valence-corrected chi connectivity index (χ3v) is 4.82. The zero-order valence-electron chi connectivity index (χ0n) is 16.1. The molecule has 0 aliphatic carbocycles. The van der Waals surface area contributed by atoms with Crippen molar-refractivity contribution < 1.29 is 23.5 Å². The zero-order chi connectivity index (χ0) is 21.0. The lowest BCUT2D eigenvalue weighted by Gasteiger charge is -2.17. The van der Waals surface area contributed by atoms with Gasteiger partial charge in [-0.05, 0) is 35.7 Å². The van der Waals surface area contributed by atoms with E-state index in [0.29, 0.717) is 11.1 Å². The zero-order valence-corrected chi connectivity index (χ0v) is 16.9. The average Bonchev–Trinajstić information content (AvgIpc) is 3.03. The summed E-state index contributed by atoms with van der Waals surface area (Å²) in [5.74, 6) is -1.00. The molecule has 3 aromatic rings. The molecule has 1 amide bonds. The van der Waals surface area contributed by atoms with E-state index in [0.717, 1.165) is 10.9 Å². The van der Waals surface area contributed by atoms with Crippen molar-refractivity contribution in [2.75, 3.05) is 12.5 Å². The summed E-state index contributed by atoms with van der Waals surface area (Å²) in [6.07, 6.45) is 6.24. The van der Waals surface area contributed by atoms with E-state index in [9.17, 15) is 19.1 Å². The maximum absolute atomic E-state index is 12.5. The summed E-state index contributed by atoms with van der Waals surface area (Å²) in [4.78, 5) is 16.5. The van der Waals surface area contributed by atoms with Gasteiger partial charge in [0.2, 0.25) is 5.91 Å². The van der Waals surface area contributed by atoms with Crippen molar-refractivity contribution in [1.29, 1.82) is 0 Å². The number of rotatable bonds is 7. The molecule has 0 fully saturated rings. The number of benzene rings is 1. The minimum atomic E-state index is -2.36. The Morgan fingerprint density at radius 2 is 2.07 bits per heavy atom. The summed E-state index contributed by atoms with van der Waals surface area (Å²) >= 11 is 0. The molecule has 1 atom stereocenters. The highest BCUT2D eigenvalue weighted by Gasteiger charge is 2.27. The van der Waals surface area contributed by atoms with E-state index in [1.165, 1.54) is 18.7 Å². The third-order valence-electron chi connectivity index (χ3n) is 4.20. The average molecular weight is 415 g/mol. The number of amides is 1. The van der Waals surface area contributed by atoms with Crippen molar-refractivity contribution in [3.8, 4) is 0 Å². The molecule has 29 heavy (non-hydrogen) atoms. The highest BCUT2D eigenvalue weighted by atomic mass is 32.2. The molecule has 0 bridgehead atoms. The lowest BCUT2D eigenvalue weighted by Crippen LogP contribution is -2.48. The van der Waals surface area contributed by atoms with Crippen molar-refractivity contribution in [2.24, 2.45) is 4.36 Å². The molecule has 0 radical (unpaired) electrons. The van der Waals surface area contributed by atoms with Crippen molar-refractivity contribution in [3.05, 3.63) is 60.0 Å². The van der Waals surface area contributed by atoms with Crippen LogP contribution < -0.4 is 5.32 Å². The van der Waals surface area contributed by atoms with Crippen molar-refractivity contribution in [1.82, 2.24) is 10.3 Å². The molecule has 0 unspecified atom stereocenters. The third kappa shape index (κ3) is 5.89. The van der Waals surface area contributed by atoms with Crippen molar-refractivity contribution >= 4 is 39.5 Å². The Bertz CT molecular complexity index is 1130. The summed E-state index contributed by atoms with van der Waals surface area (Å²) in [5, 5.41) is 23.0. The molecule has 2 aromatic heterocycles. The first-order valence-electron chi connectivity index (χ1n) is 8.94. The Labute approximate surface area is 169 Å². The normalized spacial score (nSPS) is 12.6. The van der Waals surface area contributed by atoms with Gasteiger partial charge in [-0.3, -0.25) is 4.79 Å². The van der Waals surface area contributed by atoms with Gasteiger partial charge in [0.05, 0.1) is 18.6 Å². The highest BCUT2D eigenvalue weighted by molar-refractivity contribution is 7.92. The molecular weight excluding hydrogens is 393 g/mol. The largest absolute Gasteiger partial charge is 0.475 e. The van der Waals surface area contributed by atoms with Crippen molar-refractivity contribution in [3.63, 3.8) is 0 Å². The van der Waals surface area contributed by atoms with E-state index in [1.54, 1.807) is 18.4 Å². The van der Waals surface area contributed by atoms with Gasteiger partial charge >= 0.3 is 7.12 Å². The number of carbonyl (C=O) groups is 1. The van der Waals surface area contributed by atoms with Crippen LogP contribution in [0.4, 0.5) is 5.82 Å². The fourth-order valence-corrected chi connectivity index (χ4v) is 3.50. The second-order valence-corrected chi connectivity index (χ2v) is 9.57. The molecule has 0 aliphatic rings. The van der Waals surface area contributed by atoms with Crippen LogP contribution in [0, 0.1) is 0 Å². The van der Waals surface area contributed by atoms with Gasteiger partial charge in [0.1, 0.15) is 5.58 Å². The number of fused-ring (bicyclic) bond motifs is 1. The molecule has 3 N–H and O–H groups in total. The number of para-hydroxylation sites is 1. The molecule has 0 saturated carbocycles. The summed E-state index contributed by atoms with van der Waals surface area (Å²) < 4.78 is 21.3. The van der Waals surface area contributed by atoms with Crippen LogP contribution in [-0.2, 0) is 27.4 Å². The Kier molecular flexibility index (Phi) is 6.36. The maximum Gasteiger partial charge on any atom is 0.475 e. The minimum Gasteiger partial charge on any atom is -0.464 e. The van der Waals surface area contributed by atoms with Crippen LogP contribution in [0.25, 0.3) is 11.0 Å². The summed E-state index contributed by atoms with van der Waals surface area (Å²) in [6, 6.07) is 10.6. The first-order chi connectivity index (χ1) is 13.7. The van der Waals surface area contributed by atoms with E-state index >= 15 is 0 Å². The van der Waals surface area contributed by atoms with Crippen LogP contribution in [-0.4, -0.2) is 50.7 Å². The lowest BCUT2D eigenvalue weighted by molar-refractivity contribution is -0.120. The van der Waals surface area contributed by atoms with Gasteiger partial charge in [0, 0.05) is 33.8 Å². The molecule has 3 rings (SSSR count). The Balaban J connectivity index is 1.70. The van der Waals surface area contributed by atoms with Gasteiger partial charge in [-0.1, -0.05) is 18.2 Å². The van der Waals surface area contributed by atoms with E-state index < -0.39 is 22.8 Å². The predicted molar refractivity (Wildman–Crippen MR) is 112 cm³/mol. The van der Waals surface area contributed by atoms with E-state index in [2.05, 4.69) is 14.7 Å². The second kappa shape index (κ2) is 8.77. The molecule has 0 saturated heterocycles. The molecule has 8 nitrogen and oxygen atoms in total. The molecule has 0 spiro atoms. The van der Waals surface area contributed by atoms with Crippen LogP contribution in [0.3, 0.4) is 0 Å². The van der Waals surface area contributed by atoms with E-state index in [4.69, 9.17) is 4.42 Å². The summed E-state index contributed by atoms with van der Waals surface area (Å²) in [5.41, 5.74) is 2.08. The topological polar surface area (TPSA) is 125 Å². The number of hydrogen-bond acceptors (Lipinski definition) is 7. The Morgan fingerprint density at radius 3 is 2.79 bits per heavy atom. The maximum atomic E-state index is 12.5. The molecular formula is C19H22BN3O5S. The number of nitrogens with one attached hydrogen (secondary N) is 1. The number of pyridine rings is 1. The number of hydrogen-bond donors (Lipinski definition) is 3. The molecule has 152 valence electrons. The highest BCUT2D eigenvalue weighted by Crippen LogP contribution is 2.22. The molecule has 0 aliphatic heterocycles. The quantitative estimate of drug-likeness (QED) is 0.502. The number of carbonyl (C=O) groups excluding carboxylic acids is 1. The summed E-state index contributed by atoms with van der Waals surface area (Å²) in [6.45, 7) is 0. The van der Waals surface area contributed by atoms with E-state index in [-0.39, 0.29) is 24.6 Å². The fraction of sp³-hybridized carbons (Fsp3) is 0.263. The first kappa shape index (κ1) is 21.0. The Hall–Kier alpha value is -2.69. The SMILES string of the molecule is CS(C)(=O)=Nc1cc(CC(=O)N[C@@H](Cc2coc3ccccc23)B(O)O)ccn1. The fourth-order valence-electron chi connectivity index (χ4n) is 2.95. The van der Waals surface area contributed by atoms with Crippen LogP contribution in [0.2, 0.25) is 0 Å². The molecule has 10 heteroatoms. The van der Waals surface area contributed by atoms with Crippen molar-refractivity contribution in [2.45, 2.75) is 18.8 Å². The minimum absolute atomic E-state index is 0.00495. The smallest absolute Gasteiger partial charge is 0.464 e. The molecule has 1 aromatic carbocycles. The number of nitrogens with zero attached hydrogens (tertiary/aromatic N) is 2. The van der Waals surface area contributed by atoms with Crippen LogP contribution in [0.15, 0.2) is 57.6 Å². The van der Waals surface area contributed by atoms with Gasteiger partial charge < -0.3 is 19.8 Å². The monoisotopic (exact) mass is 415 g/mol. The van der Waals surface area contributed by atoms with Gasteiger partial charge in [0.25, 0.3) is 0 Å². The Morgan fingerprint density at radius 1 is 1.31 bits per heavy atom. The molecule has 2 heterocycles. The number of furan rings is 1. The van der Waals surface area contributed by atoms with E-state index in [1.807, 2.05) is 24.3 Å². The second-order valence-electron chi connectivity index (χ2n) is 7.02. The standard InChI is InChI=1S/C19H22BN3O5S/c1-29(2,27)23-18-9-13(7-8-21-18)10-19(24)22-17(20(25)26)11-14-12-28-16-6-4-3-5-15(14)16/h3-9,12,17,25-26H,10-11H2,1-2H3,(H,22,24)/t17-/m0/s1. The predicted octanol–water partition coefficient (Wildman–Crippen LogP) is 1.47. The van der Waals surface area contributed by atoms with Crippen LogP contribution >= 0.6 is 0 Å². The van der Waals surface area contributed by atoms with Gasteiger partial charge in [0.15, 0.2) is 5.82 Å². The van der Waals surface area contributed by atoms with Gasteiger partial charge in [-0.25, -0.2) is 9.19 Å². The van der Waals surface area contributed by atoms with Crippen LogP contribution in [0.1, 0.15) is 11.1 Å². The van der Waals surface area contributed by atoms with Crippen LogP contribution in [0.5, 0.6) is 0 Å². The van der Waals surface area contributed by atoms with Gasteiger partial charge in [-0.2, -0.15) is 4.36 Å². The first-order valence-corrected chi connectivity index (χ1v) is 11.3.